The first-order valence-corrected chi connectivity index (χ1v) is 6.47. The fourth-order valence-electron chi connectivity index (χ4n) is 2.12. The molecule has 0 aliphatic carbocycles. The van der Waals surface area contributed by atoms with Crippen LogP contribution in [0.5, 0.6) is 5.75 Å². The van der Waals surface area contributed by atoms with E-state index in [9.17, 15) is 9.59 Å². The molecular weight excluding hydrogens is 244 g/mol. The number of ketones is 1. The Morgan fingerprint density at radius 1 is 1.47 bits per heavy atom. The zero-order chi connectivity index (χ0) is 13.8. The van der Waals surface area contributed by atoms with E-state index in [4.69, 9.17) is 10.5 Å². The van der Waals surface area contributed by atoms with Gasteiger partial charge in [0.15, 0.2) is 12.4 Å². The van der Waals surface area contributed by atoms with E-state index in [1.807, 2.05) is 6.92 Å². The number of anilines is 1. The maximum atomic E-state index is 11.9. The van der Waals surface area contributed by atoms with Crippen molar-refractivity contribution in [2.24, 2.45) is 5.73 Å². The van der Waals surface area contributed by atoms with Crippen molar-refractivity contribution in [2.75, 3.05) is 24.6 Å². The summed E-state index contributed by atoms with van der Waals surface area (Å²) < 4.78 is 5.38. The Balaban J connectivity index is 2.35. The molecule has 5 heteroatoms. The summed E-state index contributed by atoms with van der Waals surface area (Å²) in [4.78, 5) is 25.4. The Morgan fingerprint density at radius 3 is 2.95 bits per heavy atom. The number of fused-ring (bicyclic) bond motifs is 1. The molecule has 0 saturated heterocycles. The van der Waals surface area contributed by atoms with Gasteiger partial charge in [0.2, 0.25) is 0 Å². The van der Waals surface area contributed by atoms with E-state index in [1.165, 1.54) is 0 Å². The van der Waals surface area contributed by atoms with Crippen molar-refractivity contribution in [3.63, 3.8) is 0 Å². The molecule has 0 fully saturated rings. The lowest BCUT2D eigenvalue weighted by molar-refractivity contribution is -0.121. The largest absolute Gasteiger partial charge is 0.482 e. The third kappa shape index (κ3) is 2.76. The van der Waals surface area contributed by atoms with E-state index in [2.05, 4.69) is 0 Å². The first-order valence-electron chi connectivity index (χ1n) is 6.47. The molecule has 1 aromatic carbocycles. The fourth-order valence-corrected chi connectivity index (χ4v) is 2.12. The second kappa shape index (κ2) is 5.84. The van der Waals surface area contributed by atoms with Crippen LogP contribution in [0.1, 0.15) is 30.1 Å². The van der Waals surface area contributed by atoms with Crippen molar-refractivity contribution in [2.45, 2.75) is 19.8 Å². The molecule has 2 N–H and O–H groups in total. The van der Waals surface area contributed by atoms with Crippen LogP contribution in [-0.2, 0) is 4.79 Å². The zero-order valence-corrected chi connectivity index (χ0v) is 11.0. The lowest BCUT2D eigenvalue weighted by atomic mass is 10.1. The molecule has 0 radical (unpaired) electrons. The van der Waals surface area contributed by atoms with Gasteiger partial charge in [-0.3, -0.25) is 9.59 Å². The molecule has 19 heavy (non-hydrogen) atoms. The highest BCUT2D eigenvalue weighted by Crippen LogP contribution is 2.33. The van der Waals surface area contributed by atoms with Gasteiger partial charge in [-0.25, -0.2) is 0 Å². The summed E-state index contributed by atoms with van der Waals surface area (Å²) in [6, 6.07) is 5.19. The molecule has 0 atom stereocenters. The number of Topliss-reactive ketones (excluding diaryl/α,β-unsaturated/α-hetero) is 1. The van der Waals surface area contributed by atoms with Crippen molar-refractivity contribution in [1.82, 2.24) is 0 Å². The van der Waals surface area contributed by atoms with Gasteiger partial charge in [0.25, 0.3) is 5.91 Å². The molecule has 1 aliphatic heterocycles. The minimum atomic E-state index is -0.0715. The molecule has 0 unspecified atom stereocenters. The Morgan fingerprint density at radius 2 is 2.26 bits per heavy atom. The van der Waals surface area contributed by atoms with Gasteiger partial charge < -0.3 is 15.4 Å². The number of hydrogen-bond acceptors (Lipinski definition) is 4. The van der Waals surface area contributed by atoms with Crippen LogP contribution >= 0.6 is 0 Å². The summed E-state index contributed by atoms with van der Waals surface area (Å²) in [5.41, 5.74) is 6.65. The number of ether oxygens (including phenoxy) is 1. The van der Waals surface area contributed by atoms with E-state index < -0.39 is 0 Å². The van der Waals surface area contributed by atoms with Crippen molar-refractivity contribution in [1.29, 1.82) is 0 Å². The SMILES string of the molecule is CCCN1C(=O)COc2ccc(C(=O)CCN)cc21. The van der Waals surface area contributed by atoms with Crippen molar-refractivity contribution >= 4 is 17.4 Å². The monoisotopic (exact) mass is 262 g/mol. The number of carbonyl (C=O) groups is 2. The quantitative estimate of drug-likeness (QED) is 0.813. The molecular formula is C14H18N2O3. The summed E-state index contributed by atoms with van der Waals surface area (Å²) >= 11 is 0. The molecule has 5 nitrogen and oxygen atoms in total. The predicted molar refractivity (Wildman–Crippen MR) is 72.6 cm³/mol. The average molecular weight is 262 g/mol. The van der Waals surface area contributed by atoms with Gasteiger partial charge in [0.1, 0.15) is 5.75 Å². The number of hydrogen-bond donors (Lipinski definition) is 1. The predicted octanol–water partition coefficient (Wildman–Crippen LogP) is 1.35. The van der Waals surface area contributed by atoms with Gasteiger partial charge in [-0.1, -0.05) is 6.92 Å². The van der Waals surface area contributed by atoms with Crippen LogP contribution < -0.4 is 15.4 Å². The van der Waals surface area contributed by atoms with Crippen LogP contribution in [0, 0.1) is 0 Å². The highest BCUT2D eigenvalue weighted by atomic mass is 16.5. The van der Waals surface area contributed by atoms with Crippen LogP contribution in [0.25, 0.3) is 0 Å². The summed E-state index contributed by atoms with van der Waals surface area (Å²) in [5.74, 6) is 0.565. The maximum Gasteiger partial charge on any atom is 0.265 e. The molecule has 1 aromatic rings. The van der Waals surface area contributed by atoms with Gasteiger partial charge in [-0.15, -0.1) is 0 Å². The zero-order valence-electron chi connectivity index (χ0n) is 11.0. The van der Waals surface area contributed by atoms with Crippen molar-refractivity contribution in [3.05, 3.63) is 23.8 Å². The summed E-state index contributed by atoms with van der Waals surface area (Å²) in [5, 5.41) is 0. The molecule has 1 aliphatic rings. The minimum absolute atomic E-state index is 0.0141. The Hall–Kier alpha value is -1.88. The van der Waals surface area contributed by atoms with Crippen LogP contribution in [0.2, 0.25) is 0 Å². The molecule has 0 bridgehead atoms. The number of carbonyl (C=O) groups excluding carboxylic acids is 2. The molecule has 0 aromatic heterocycles. The smallest absolute Gasteiger partial charge is 0.265 e. The van der Waals surface area contributed by atoms with Gasteiger partial charge in [-0.2, -0.15) is 0 Å². The third-order valence-corrected chi connectivity index (χ3v) is 3.04. The van der Waals surface area contributed by atoms with Crippen LogP contribution in [0.15, 0.2) is 18.2 Å². The topological polar surface area (TPSA) is 72.6 Å². The molecule has 0 spiro atoms. The van der Waals surface area contributed by atoms with E-state index in [0.29, 0.717) is 36.5 Å². The lowest BCUT2D eigenvalue weighted by Gasteiger charge is -2.29. The normalized spacial score (nSPS) is 14.0. The maximum absolute atomic E-state index is 11.9. The van der Waals surface area contributed by atoms with Gasteiger partial charge >= 0.3 is 0 Å². The van der Waals surface area contributed by atoms with Crippen molar-refractivity contribution in [3.8, 4) is 5.75 Å². The number of rotatable bonds is 5. The molecule has 102 valence electrons. The molecule has 0 saturated carbocycles. The Bertz CT molecular complexity index is 499. The fraction of sp³-hybridized carbons (Fsp3) is 0.429. The van der Waals surface area contributed by atoms with Crippen LogP contribution in [0.4, 0.5) is 5.69 Å². The first-order chi connectivity index (χ1) is 9.17. The lowest BCUT2D eigenvalue weighted by Crippen LogP contribution is -2.39. The van der Waals surface area contributed by atoms with Crippen LogP contribution in [-0.4, -0.2) is 31.4 Å². The number of nitrogens with two attached hydrogens (primary N) is 1. The van der Waals surface area contributed by atoms with E-state index >= 15 is 0 Å². The molecule has 1 heterocycles. The van der Waals surface area contributed by atoms with E-state index in [-0.39, 0.29) is 18.3 Å². The van der Waals surface area contributed by atoms with Crippen LogP contribution in [0.3, 0.4) is 0 Å². The Kier molecular flexibility index (Phi) is 4.16. The highest BCUT2D eigenvalue weighted by Gasteiger charge is 2.25. The summed E-state index contributed by atoms with van der Waals surface area (Å²) in [7, 11) is 0. The first kappa shape index (κ1) is 13.5. The second-order valence-corrected chi connectivity index (χ2v) is 4.48. The van der Waals surface area contributed by atoms with E-state index in [0.717, 1.165) is 6.42 Å². The number of amides is 1. The van der Waals surface area contributed by atoms with Gasteiger partial charge in [0.05, 0.1) is 5.69 Å². The van der Waals surface area contributed by atoms with Gasteiger partial charge in [0, 0.05) is 18.5 Å². The average Bonchev–Trinajstić information content (AvgIpc) is 2.42. The summed E-state index contributed by atoms with van der Waals surface area (Å²) in [6.07, 6.45) is 1.16. The summed E-state index contributed by atoms with van der Waals surface area (Å²) in [6.45, 7) is 3.02. The number of nitrogens with zero attached hydrogens (tertiary/aromatic N) is 1. The van der Waals surface area contributed by atoms with Gasteiger partial charge in [-0.05, 0) is 31.2 Å². The Labute approximate surface area is 112 Å². The third-order valence-electron chi connectivity index (χ3n) is 3.04. The molecule has 2 rings (SSSR count). The minimum Gasteiger partial charge on any atom is -0.482 e. The number of benzene rings is 1. The molecule has 1 amide bonds. The second-order valence-electron chi connectivity index (χ2n) is 4.48. The van der Waals surface area contributed by atoms with Crippen molar-refractivity contribution < 1.29 is 14.3 Å². The standard InChI is InChI=1S/C14H18N2O3/c1-2-7-16-11-8-10(12(17)5-6-15)3-4-13(11)19-9-14(16)18/h3-4,8H,2,5-7,9,15H2,1H3. The van der Waals surface area contributed by atoms with E-state index in [1.54, 1.807) is 23.1 Å². The highest BCUT2D eigenvalue weighted by molar-refractivity contribution is 6.01.